The van der Waals surface area contributed by atoms with Crippen molar-refractivity contribution in [1.29, 1.82) is 0 Å². The van der Waals surface area contributed by atoms with Crippen molar-refractivity contribution in [1.82, 2.24) is 0 Å². The molecule has 0 spiro atoms. The number of nitrogens with two attached hydrogens (primary N) is 1. The molecule has 2 N–H and O–H groups in total. The summed E-state index contributed by atoms with van der Waals surface area (Å²) >= 11 is 5.13. The second-order valence-electron chi connectivity index (χ2n) is 1.78. The molecule has 0 aliphatic carbocycles. The first kappa shape index (κ1) is 10.4. The molecule has 0 aliphatic heterocycles. The molecule has 1 nitrogen and oxygen atoms in total. The Labute approximate surface area is 79.2 Å². The predicted octanol–water partition coefficient (Wildman–Crippen LogP) is 2.43. The maximum Gasteiger partial charge on any atom is 0.0314 e. The number of hydrogen-bond donors (Lipinski definition) is 1. The van der Waals surface area contributed by atoms with Crippen molar-refractivity contribution in [2.75, 3.05) is 6.54 Å². The number of hydrogen-bond acceptors (Lipinski definition) is 2. The fraction of sp³-hybridized carbons (Fsp3) is 0.333. The predicted molar refractivity (Wildman–Crippen MR) is 52.0 cm³/mol. The van der Waals surface area contributed by atoms with Crippen LogP contribution >= 0.6 is 39.7 Å². The van der Waals surface area contributed by atoms with E-state index in [0.29, 0.717) is 0 Å². The van der Waals surface area contributed by atoms with Crippen LogP contribution in [0.25, 0.3) is 0 Å². The Morgan fingerprint density at radius 2 is 2.20 bits per heavy atom. The van der Waals surface area contributed by atoms with E-state index in [4.69, 9.17) is 5.73 Å². The average molecular weight is 243 g/mol. The zero-order valence-corrected chi connectivity index (χ0v) is 8.56. The summed E-state index contributed by atoms with van der Waals surface area (Å²) in [7, 11) is 0. The van der Waals surface area contributed by atoms with Gasteiger partial charge in [0.1, 0.15) is 0 Å². The summed E-state index contributed by atoms with van der Waals surface area (Å²) in [4.78, 5) is 0. The van der Waals surface area contributed by atoms with Crippen LogP contribution in [-0.4, -0.2) is 6.54 Å². The lowest BCUT2D eigenvalue weighted by Gasteiger charge is -1.91. The van der Waals surface area contributed by atoms with Crippen LogP contribution in [0, 0.1) is 0 Å². The molecule has 0 saturated carbocycles. The van der Waals surface area contributed by atoms with E-state index in [1.165, 1.54) is 10.0 Å². The Morgan fingerprint density at radius 1 is 1.50 bits per heavy atom. The molecule has 0 aromatic carbocycles. The number of halogens is 2. The summed E-state index contributed by atoms with van der Waals surface area (Å²) in [5, 5.41) is 4.20. The number of thiophene rings is 1. The molecule has 0 aliphatic rings. The van der Waals surface area contributed by atoms with Gasteiger partial charge in [-0.25, -0.2) is 0 Å². The first-order valence-electron chi connectivity index (χ1n) is 2.75. The van der Waals surface area contributed by atoms with E-state index in [2.05, 4.69) is 26.7 Å². The topological polar surface area (TPSA) is 26.0 Å². The van der Waals surface area contributed by atoms with Crippen LogP contribution < -0.4 is 5.73 Å². The fourth-order valence-electron chi connectivity index (χ4n) is 0.642. The summed E-state index contributed by atoms with van der Waals surface area (Å²) in [5.74, 6) is 0. The lowest BCUT2D eigenvalue weighted by molar-refractivity contribution is 0.970. The van der Waals surface area contributed by atoms with E-state index in [1.54, 1.807) is 11.3 Å². The third kappa shape index (κ3) is 2.58. The van der Waals surface area contributed by atoms with Crippen molar-refractivity contribution in [2.45, 2.75) is 6.42 Å². The molecule has 1 aromatic rings. The van der Waals surface area contributed by atoms with Crippen molar-refractivity contribution >= 4 is 39.7 Å². The molecule has 0 fully saturated rings. The molecule has 1 heterocycles. The zero-order chi connectivity index (χ0) is 6.69. The third-order valence-corrected chi connectivity index (χ3v) is 2.94. The smallest absolute Gasteiger partial charge is 0.0314 e. The van der Waals surface area contributed by atoms with Crippen molar-refractivity contribution in [2.24, 2.45) is 5.73 Å². The van der Waals surface area contributed by atoms with Crippen molar-refractivity contribution in [3.05, 3.63) is 20.8 Å². The normalized spacial score (nSPS) is 9.00. The lowest BCUT2D eigenvalue weighted by atomic mass is 10.2. The molecular weight excluding hydrogens is 233 g/mol. The molecular formula is C6H9BrClNS. The maximum absolute atomic E-state index is 5.37. The van der Waals surface area contributed by atoms with Gasteiger partial charge in [-0.2, -0.15) is 11.3 Å². The van der Waals surface area contributed by atoms with Gasteiger partial charge >= 0.3 is 0 Å². The van der Waals surface area contributed by atoms with E-state index in [0.717, 1.165) is 13.0 Å². The first-order valence-corrected chi connectivity index (χ1v) is 4.49. The molecule has 1 rings (SSSR count). The molecule has 0 bridgehead atoms. The van der Waals surface area contributed by atoms with Crippen molar-refractivity contribution in [3.63, 3.8) is 0 Å². The van der Waals surface area contributed by atoms with E-state index in [9.17, 15) is 0 Å². The van der Waals surface area contributed by atoms with E-state index < -0.39 is 0 Å². The van der Waals surface area contributed by atoms with Crippen LogP contribution in [0.4, 0.5) is 0 Å². The fourth-order valence-corrected chi connectivity index (χ4v) is 2.18. The summed E-state index contributed by atoms with van der Waals surface area (Å²) in [6.45, 7) is 0.731. The summed E-state index contributed by atoms with van der Waals surface area (Å²) in [6.07, 6.45) is 0.976. The molecule has 0 radical (unpaired) electrons. The molecule has 4 heteroatoms. The molecule has 58 valence electrons. The van der Waals surface area contributed by atoms with Gasteiger partial charge in [-0.05, 0) is 39.8 Å². The van der Waals surface area contributed by atoms with Crippen LogP contribution in [0.3, 0.4) is 0 Å². The van der Waals surface area contributed by atoms with Crippen LogP contribution in [-0.2, 0) is 6.42 Å². The van der Waals surface area contributed by atoms with Gasteiger partial charge in [-0.1, -0.05) is 0 Å². The van der Waals surface area contributed by atoms with Gasteiger partial charge in [-0.15, -0.1) is 12.4 Å². The SMILES string of the molecule is Cl.NCCc1cscc1Br. The summed E-state index contributed by atoms with van der Waals surface area (Å²) < 4.78 is 1.19. The minimum Gasteiger partial charge on any atom is -0.330 e. The minimum absolute atomic E-state index is 0. The van der Waals surface area contributed by atoms with E-state index in [-0.39, 0.29) is 12.4 Å². The van der Waals surface area contributed by atoms with Crippen molar-refractivity contribution in [3.8, 4) is 0 Å². The highest BCUT2D eigenvalue weighted by Crippen LogP contribution is 2.20. The minimum atomic E-state index is 0. The molecule has 0 amide bonds. The van der Waals surface area contributed by atoms with Crippen LogP contribution in [0.5, 0.6) is 0 Å². The second kappa shape index (κ2) is 5.13. The summed E-state index contributed by atoms with van der Waals surface area (Å²) in [6, 6.07) is 0. The van der Waals surface area contributed by atoms with Gasteiger partial charge in [0, 0.05) is 9.85 Å². The Morgan fingerprint density at radius 3 is 2.60 bits per heavy atom. The second-order valence-corrected chi connectivity index (χ2v) is 3.38. The average Bonchev–Trinajstić information content (AvgIpc) is 2.18. The van der Waals surface area contributed by atoms with Gasteiger partial charge < -0.3 is 5.73 Å². The monoisotopic (exact) mass is 241 g/mol. The van der Waals surface area contributed by atoms with Gasteiger partial charge in [-0.3, -0.25) is 0 Å². The van der Waals surface area contributed by atoms with Crippen LogP contribution in [0.2, 0.25) is 0 Å². The third-order valence-electron chi connectivity index (χ3n) is 1.10. The first-order chi connectivity index (χ1) is 4.34. The Balaban J connectivity index is 0.000000810. The standard InChI is InChI=1S/C6H8BrNS.ClH/c7-6-4-9-3-5(6)1-2-8;/h3-4H,1-2,8H2;1H. The Hall–Kier alpha value is 0.430. The Bertz CT molecular complexity index is 190. The van der Waals surface area contributed by atoms with Gasteiger partial charge in [0.2, 0.25) is 0 Å². The number of rotatable bonds is 2. The lowest BCUT2D eigenvalue weighted by Crippen LogP contribution is -2.01. The van der Waals surface area contributed by atoms with Crippen LogP contribution in [0.15, 0.2) is 15.2 Å². The maximum atomic E-state index is 5.37. The molecule has 1 aromatic heterocycles. The van der Waals surface area contributed by atoms with Gasteiger partial charge in [0.15, 0.2) is 0 Å². The van der Waals surface area contributed by atoms with Gasteiger partial charge in [0.25, 0.3) is 0 Å². The van der Waals surface area contributed by atoms with Crippen LogP contribution in [0.1, 0.15) is 5.56 Å². The summed E-state index contributed by atoms with van der Waals surface area (Å²) in [5.41, 5.74) is 6.69. The van der Waals surface area contributed by atoms with Crippen molar-refractivity contribution < 1.29 is 0 Å². The molecule has 0 saturated heterocycles. The van der Waals surface area contributed by atoms with E-state index in [1.807, 2.05) is 0 Å². The highest BCUT2D eigenvalue weighted by atomic mass is 79.9. The Kier molecular flexibility index (Phi) is 5.35. The molecule has 0 atom stereocenters. The largest absolute Gasteiger partial charge is 0.330 e. The quantitative estimate of drug-likeness (QED) is 0.847. The zero-order valence-electron chi connectivity index (χ0n) is 5.34. The van der Waals surface area contributed by atoms with Gasteiger partial charge in [0.05, 0.1) is 0 Å². The molecule has 10 heavy (non-hydrogen) atoms. The highest BCUT2D eigenvalue weighted by molar-refractivity contribution is 9.10. The van der Waals surface area contributed by atoms with E-state index >= 15 is 0 Å². The highest BCUT2D eigenvalue weighted by Gasteiger charge is 1.96. The molecule has 0 unspecified atom stereocenters.